The van der Waals surface area contributed by atoms with Gasteiger partial charge in [-0.05, 0) is 47.8 Å². The summed E-state index contributed by atoms with van der Waals surface area (Å²) >= 11 is 3.41. The van der Waals surface area contributed by atoms with Gasteiger partial charge in [0.05, 0.1) is 11.4 Å². The van der Waals surface area contributed by atoms with Crippen molar-refractivity contribution in [3.05, 3.63) is 32.9 Å². The Balaban J connectivity index is 2.12. The lowest BCUT2D eigenvalue weighted by Gasteiger charge is -2.32. The summed E-state index contributed by atoms with van der Waals surface area (Å²) < 4.78 is 2.64. The van der Waals surface area contributed by atoms with Gasteiger partial charge in [0.1, 0.15) is 5.82 Å². The first-order valence-electron chi connectivity index (χ1n) is 9.55. The molecule has 0 radical (unpaired) electrons. The average Bonchev–Trinajstić information content (AvgIpc) is 2.84. The number of hydrogen-bond donors (Lipinski definition) is 1. The highest BCUT2D eigenvalue weighted by Crippen LogP contribution is 2.26. The standard InChI is InChI=1S/C19H28BrN5O/c1-4-6-16(24-8-7-21-10-13(3)12-24)18-23-17-15(9-14(20)11-22-17)19(26)25(18)5-2/h9,11,13,16,21H,4-8,10,12H2,1-3H3/t13-,16+/m1/s1. The maximum Gasteiger partial charge on any atom is 0.263 e. The van der Waals surface area contributed by atoms with Crippen LogP contribution in [-0.2, 0) is 6.54 Å². The van der Waals surface area contributed by atoms with E-state index in [0.29, 0.717) is 23.5 Å². The molecule has 1 aliphatic heterocycles. The van der Waals surface area contributed by atoms with Crippen LogP contribution in [0.15, 0.2) is 21.5 Å². The third-order valence-electron chi connectivity index (χ3n) is 5.04. The Kier molecular flexibility index (Phi) is 6.42. The highest BCUT2D eigenvalue weighted by atomic mass is 79.9. The van der Waals surface area contributed by atoms with Gasteiger partial charge in [0.2, 0.25) is 0 Å². The van der Waals surface area contributed by atoms with Crippen LogP contribution in [0.2, 0.25) is 0 Å². The number of aromatic nitrogens is 3. The minimum Gasteiger partial charge on any atom is -0.315 e. The molecule has 7 heteroatoms. The number of hydrogen-bond acceptors (Lipinski definition) is 5. The summed E-state index contributed by atoms with van der Waals surface area (Å²) in [5, 5.41) is 4.08. The summed E-state index contributed by atoms with van der Waals surface area (Å²) in [5.41, 5.74) is 0.545. The minimum atomic E-state index is 0.00315. The quantitative estimate of drug-likeness (QED) is 0.803. The monoisotopic (exact) mass is 421 g/mol. The van der Waals surface area contributed by atoms with Gasteiger partial charge in [0.15, 0.2) is 5.65 Å². The van der Waals surface area contributed by atoms with Crippen molar-refractivity contribution in [2.45, 2.75) is 46.2 Å². The first kappa shape index (κ1) is 19.5. The first-order valence-corrected chi connectivity index (χ1v) is 10.3. The van der Waals surface area contributed by atoms with Gasteiger partial charge in [-0.1, -0.05) is 20.3 Å². The van der Waals surface area contributed by atoms with Crippen molar-refractivity contribution in [3.63, 3.8) is 0 Å². The van der Waals surface area contributed by atoms with E-state index >= 15 is 0 Å². The molecule has 0 spiro atoms. The summed E-state index contributed by atoms with van der Waals surface area (Å²) in [6.45, 7) is 11.1. The smallest absolute Gasteiger partial charge is 0.263 e. The summed E-state index contributed by atoms with van der Waals surface area (Å²) in [6, 6.07) is 1.96. The van der Waals surface area contributed by atoms with Gasteiger partial charge in [-0.15, -0.1) is 0 Å². The Morgan fingerprint density at radius 1 is 1.42 bits per heavy atom. The van der Waals surface area contributed by atoms with Crippen molar-refractivity contribution in [2.24, 2.45) is 5.92 Å². The molecule has 3 rings (SSSR count). The maximum absolute atomic E-state index is 13.1. The molecule has 3 heterocycles. The molecule has 6 nitrogen and oxygen atoms in total. The van der Waals surface area contributed by atoms with Gasteiger partial charge in [-0.2, -0.15) is 0 Å². The molecule has 1 saturated heterocycles. The van der Waals surface area contributed by atoms with E-state index in [-0.39, 0.29) is 11.6 Å². The first-order chi connectivity index (χ1) is 12.5. The van der Waals surface area contributed by atoms with E-state index in [1.165, 1.54) is 0 Å². The van der Waals surface area contributed by atoms with Crippen LogP contribution in [0, 0.1) is 5.92 Å². The molecule has 142 valence electrons. The zero-order chi connectivity index (χ0) is 18.7. The molecule has 0 aromatic carbocycles. The molecule has 1 N–H and O–H groups in total. The van der Waals surface area contributed by atoms with E-state index in [1.807, 2.05) is 17.6 Å². The number of nitrogens with zero attached hydrogens (tertiary/aromatic N) is 4. The van der Waals surface area contributed by atoms with Crippen LogP contribution in [0.3, 0.4) is 0 Å². The van der Waals surface area contributed by atoms with Crippen molar-refractivity contribution in [1.29, 1.82) is 0 Å². The van der Waals surface area contributed by atoms with E-state index in [4.69, 9.17) is 4.98 Å². The number of rotatable bonds is 5. The van der Waals surface area contributed by atoms with Gasteiger partial charge in [0, 0.05) is 36.8 Å². The minimum absolute atomic E-state index is 0.00315. The van der Waals surface area contributed by atoms with Crippen molar-refractivity contribution in [1.82, 2.24) is 24.8 Å². The fraction of sp³-hybridized carbons (Fsp3) is 0.632. The van der Waals surface area contributed by atoms with Crippen LogP contribution in [0.4, 0.5) is 0 Å². The van der Waals surface area contributed by atoms with Crippen LogP contribution < -0.4 is 10.9 Å². The van der Waals surface area contributed by atoms with E-state index in [2.05, 4.69) is 45.0 Å². The summed E-state index contributed by atoms with van der Waals surface area (Å²) in [5.74, 6) is 1.43. The molecule has 2 aromatic heterocycles. The Morgan fingerprint density at radius 3 is 2.96 bits per heavy atom. The van der Waals surface area contributed by atoms with Gasteiger partial charge in [-0.25, -0.2) is 9.97 Å². The summed E-state index contributed by atoms with van der Waals surface area (Å²) in [7, 11) is 0. The Labute approximate surface area is 163 Å². The molecule has 0 saturated carbocycles. The highest BCUT2D eigenvalue weighted by molar-refractivity contribution is 9.10. The third-order valence-corrected chi connectivity index (χ3v) is 5.47. The fourth-order valence-electron chi connectivity index (χ4n) is 3.82. The molecule has 1 aliphatic rings. The lowest BCUT2D eigenvalue weighted by atomic mass is 10.1. The van der Waals surface area contributed by atoms with E-state index < -0.39 is 0 Å². The Morgan fingerprint density at radius 2 is 2.23 bits per heavy atom. The van der Waals surface area contributed by atoms with Gasteiger partial charge in [-0.3, -0.25) is 14.3 Å². The molecular weight excluding hydrogens is 394 g/mol. The summed E-state index contributed by atoms with van der Waals surface area (Å²) in [4.78, 5) is 24.8. The topological polar surface area (TPSA) is 63.1 Å². The average molecular weight is 422 g/mol. The lowest BCUT2D eigenvalue weighted by Crippen LogP contribution is -2.38. The molecule has 0 bridgehead atoms. The Bertz CT molecular complexity index is 821. The fourth-order valence-corrected chi connectivity index (χ4v) is 4.15. The largest absolute Gasteiger partial charge is 0.315 e. The van der Waals surface area contributed by atoms with Crippen molar-refractivity contribution >= 4 is 27.0 Å². The van der Waals surface area contributed by atoms with Gasteiger partial charge < -0.3 is 5.32 Å². The molecule has 2 atom stereocenters. The SMILES string of the molecule is CCC[C@@H](c1nc2ncc(Br)cc2c(=O)n1CC)N1CCNC[C@@H](C)C1. The van der Waals surface area contributed by atoms with Crippen LogP contribution >= 0.6 is 15.9 Å². The van der Waals surface area contributed by atoms with Crippen LogP contribution in [0.5, 0.6) is 0 Å². The molecule has 0 amide bonds. The lowest BCUT2D eigenvalue weighted by molar-refractivity contribution is 0.169. The highest BCUT2D eigenvalue weighted by Gasteiger charge is 2.27. The number of pyridine rings is 1. The summed E-state index contributed by atoms with van der Waals surface area (Å²) in [6.07, 6.45) is 3.75. The second-order valence-corrected chi connectivity index (χ2v) is 8.07. The van der Waals surface area contributed by atoms with Crippen LogP contribution in [0.1, 0.15) is 45.5 Å². The second kappa shape index (κ2) is 8.59. The predicted molar refractivity (Wildman–Crippen MR) is 108 cm³/mol. The van der Waals surface area contributed by atoms with Crippen molar-refractivity contribution < 1.29 is 0 Å². The number of halogens is 1. The zero-order valence-corrected chi connectivity index (χ0v) is 17.4. The molecule has 1 fully saturated rings. The third kappa shape index (κ3) is 4.00. The van der Waals surface area contributed by atoms with Crippen molar-refractivity contribution in [2.75, 3.05) is 26.2 Å². The normalized spacial score (nSPS) is 20.2. The van der Waals surface area contributed by atoms with Gasteiger partial charge in [0.25, 0.3) is 5.56 Å². The van der Waals surface area contributed by atoms with E-state index in [1.54, 1.807) is 6.20 Å². The molecule has 0 aliphatic carbocycles. The molecular formula is C19H28BrN5O. The van der Waals surface area contributed by atoms with E-state index in [9.17, 15) is 4.79 Å². The molecule has 2 aromatic rings. The van der Waals surface area contributed by atoms with Crippen LogP contribution in [0.25, 0.3) is 11.0 Å². The predicted octanol–water partition coefficient (Wildman–Crippen LogP) is 2.96. The van der Waals surface area contributed by atoms with Crippen molar-refractivity contribution in [3.8, 4) is 0 Å². The zero-order valence-electron chi connectivity index (χ0n) is 15.8. The molecule has 26 heavy (non-hydrogen) atoms. The Hall–Kier alpha value is -1.31. The number of fused-ring (bicyclic) bond motifs is 1. The molecule has 0 unspecified atom stereocenters. The maximum atomic E-state index is 13.1. The van der Waals surface area contributed by atoms with Gasteiger partial charge >= 0.3 is 0 Å². The van der Waals surface area contributed by atoms with Crippen LogP contribution in [-0.4, -0.2) is 45.6 Å². The second-order valence-electron chi connectivity index (χ2n) is 7.15. The van der Waals surface area contributed by atoms with E-state index in [0.717, 1.165) is 49.3 Å². The number of nitrogens with one attached hydrogen (secondary N) is 1.